The molecule has 0 aromatic heterocycles. The number of hydrogen-bond donors (Lipinski definition) is 4. The first-order valence-electron chi connectivity index (χ1n) is 3.18. The molecule has 64 valence electrons. The van der Waals surface area contributed by atoms with Gasteiger partial charge in [0.1, 0.15) is 18.3 Å². The molecule has 1 aliphatic heterocycles. The van der Waals surface area contributed by atoms with Crippen LogP contribution >= 0.6 is 12.6 Å². The summed E-state index contributed by atoms with van der Waals surface area (Å²) in [6.07, 6.45) is -1.68. The molecule has 3 atom stereocenters. The molecule has 0 saturated heterocycles. The number of ether oxygens (including phenoxy) is 1. The molecule has 4 nitrogen and oxygen atoms in total. The highest BCUT2D eigenvalue weighted by Gasteiger charge is 2.32. The number of hydrogen-bond acceptors (Lipinski definition) is 5. The van der Waals surface area contributed by atoms with Gasteiger partial charge in [0.05, 0.1) is 12.9 Å². The molecule has 0 fully saturated rings. The Labute approximate surface area is 69.5 Å². The van der Waals surface area contributed by atoms with Crippen molar-refractivity contribution in [3.8, 4) is 0 Å². The van der Waals surface area contributed by atoms with Crippen molar-refractivity contribution in [2.75, 3.05) is 6.61 Å². The number of aliphatic hydroxyl groups excluding tert-OH is 3. The third-order valence-electron chi connectivity index (χ3n) is 1.55. The van der Waals surface area contributed by atoms with Crippen LogP contribution in [0.4, 0.5) is 0 Å². The van der Waals surface area contributed by atoms with Gasteiger partial charge in [-0.25, -0.2) is 0 Å². The fourth-order valence-corrected chi connectivity index (χ4v) is 1.05. The lowest BCUT2D eigenvalue weighted by molar-refractivity contribution is -0.0825. The highest BCUT2D eigenvalue weighted by molar-refractivity contribution is 7.84. The third-order valence-corrected chi connectivity index (χ3v) is 1.92. The Balaban J connectivity index is 2.68. The van der Waals surface area contributed by atoms with E-state index >= 15 is 0 Å². The van der Waals surface area contributed by atoms with Crippen molar-refractivity contribution in [2.24, 2.45) is 0 Å². The zero-order valence-electron chi connectivity index (χ0n) is 5.71. The molecule has 0 aliphatic carbocycles. The lowest BCUT2D eigenvalue weighted by atomic mass is 10.1. The molecule has 0 bridgehead atoms. The summed E-state index contributed by atoms with van der Waals surface area (Å²) in [5.74, 6) is 0. The first-order chi connectivity index (χ1) is 5.16. The molecule has 5 heteroatoms. The predicted molar refractivity (Wildman–Crippen MR) is 41.0 cm³/mol. The van der Waals surface area contributed by atoms with Gasteiger partial charge in [0, 0.05) is 4.91 Å². The summed E-state index contributed by atoms with van der Waals surface area (Å²) in [6, 6.07) is 0. The maximum Gasteiger partial charge on any atom is 0.149 e. The number of rotatable bonds is 1. The predicted octanol–water partition coefficient (Wildman–Crippen LogP) is -1.13. The molecular weight excluding hydrogens is 168 g/mol. The van der Waals surface area contributed by atoms with Gasteiger partial charge in [-0.2, -0.15) is 0 Å². The fraction of sp³-hybridized carbons (Fsp3) is 0.667. The van der Waals surface area contributed by atoms with Crippen LogP contribution in [0, 0.1) is 0 Å². The van der Waals surface area contributed by atoms with Crippen LogP contribution in [0.2, 0.25) is 0 Å². The highest BCUT2D eigenvalue weighted by Crippen LogP contribution is 2.20. The summed E-state index contributed by atoms with van der Waals surface area (Å²) in [6.45, 7) is -0.324. The average molecular weight is 178 g/mol. The molecule has 1 heterocycles. The van der Waals surface area contributed by atoms with Crippen molar-refractivity contribution in [3.05, 3.63) is 11.2 Å². The van der Waals surface area contributed by atoms with Gasteiger partial charge < -0.3 is 20.1 Å². The lowest BCUT2D eigenvalue weighted by Crippen LogP contribution is -2.43. The van der Waals surface area contributed by atoms with E-state index in [1.165, 1.54) is 6.26 Å². The van der Waals surface area contributed by atoms with Crippen LogP contribution in [0.5, 0.6) is 0 Å². The van der Waals surface area contributed by atoms with Crippen molar-refractivity contribution < 1.29 is 20.1 Å². The lowest BCUT2D eigenvalue weighted by Gasteiger charge is -2.29. The van der Waals surface area contributed by atoms with Gasteiger partial charge in [0.15, 0.2) is 0 Å². The summed E-state index contributed by atoms with van der Waals surface area (Å²) in [7, 11) is 0. The molecule has 0 aromatic carbocycles. The van der Waals surface area contributed by atoms with Crippen LogP contribution in [-0.2, 0) is 4.74 Å². The SMILES string of the molecule is OCC1OC=C(S)C(O)C1O. The van der Waals surface area contributed by atoms with Gasteiger partial charge in [0.2, 0.25) is 0 Å². The van der Waals surface area contributed by atoms with Crippen molar-refractivity contribution in [1.29, 1.82) is 0 Å². The molecule has 1 rings (SSSR count). The van der Waals surface area contributed by atoms with Crippen molar-refractivity contribution >= 4 is 12.6 Å². The molecule has 3 N–H and O–H groups in total. The van der Waals surface area contributed by atoms with Crippen LogP contribution < -0.4 is 0 Å². The topological polar surface area (TPSA) is 69.9 Å². The molecular formula is C6H10O4S. The van der Waals surface area contributed by atoms with E-state index in [1.807, 2.05) is 0 Å². The summed E-state index contributed by atoms with van der Waals surface area (Å²) in [4.78, 5) is 0.266. The summed E-state index contributed by atoms with van der Waals surface area (Å²) < 4.78 is 4.82. The Morgan fingerprint density at radius 3 is 2.73 bits per heavy atom. The van der Waals surface area contributed by atoms with Gasteiger partial charge in [0.25, 0.3) is 0 Å². The second kappa shape index (κ2) is 3.44. The van der Waals surface area contributed by atoms with Crippen LogP contribution in [-0.4, -0.2) is 40.2 Å². The normalized spacial score (nSPS) is 37.8. The molecule has 0 saturated carbocycles. The molecule has 0 amide bonds. The molecule has 11 heavy (non-hydrogen) atoms. The summed E-state index contributed by atoms with van der Waals surface area (Å²) in [5, 5.41) is 27.0. The molecule has 1 aliphatic rings. The average Bonchev–Trinajstić information content (AvgIpc) is 2.01. The van der Waals surface area contributed by atoms with E-state index in [4.69, 9.17) is 14.9 Å². The summed E-state index contributed by atoms with van der Waals surface area (Å²) >= 11 is 3.84. The summed E-state index contributed by atoms with van der Waals surface area (Å²) in [5.41, 5.74) is 0. The second-order valence-electron chi connectivity index (χ2n) is 2.34. The van der Waals surface area contributed by atoms with E-state index in [2.05, 4.69) is 12.6 Å². The van der Waals surface area contributed by atoms with E-state index in [9.17, 15) is 5.11 Å². The largest absolute Gasteiger partial charge is 0.492 e. The van der Waals surface area contributed by atoms with E-state index in [0.717, 1.165) is 0 Å². The van der Waals surface area contributed by atoms with Gasteiger partial charge in [-0.15, -0.1) is 12.6 Å². The van der Waals surface area contributed by atoms with Crippen LogP contribution in [0.25, 0.3) is 0 Å². The first kappa shape index (κ1) is 8.86. The minimum absolute atomic E-state index is 0.266. The van der Waals surface area contributed by atoms with Gasteiger partial charge in [-0.05, 0) is 0 Å². The first-order valence-corrected chi connectivity index (χ1v) is 3.63. The standard InChI is InChI=1S/C6H10O4S/c7-1-3-5(8)6(9)4(11)2-10-3/h2-3,5-9,11H,1H2. The smallest absolute Gasteiger partial charge is 0.149 e. The Morgan fingerprint density at radius 1 is 1.55 bits per heavy atom. The second-order valence-corrected chi connectivity index (χ2v) is 2.85. The van der Waals surface area contributed by atoms with Crippen LogP contribution in [0.1, 0.15) is 0 Å². The zero-order chi connectivity index (χ0) is 8.43. The van der Waals surface area contributed by atoms with E-state index in [0.29, 0.717) is 0 Å². The van der Waals surface area contributed by atoms with Gasteiger partial charge in [-0.1, -0.05) is 0 Å². The maximum atomic E-state index is 9.18. The van der Waals surface area contributed by atoms with Crippen LogP contribution in [0.3, 0.4) is 0 Å². The maximum absolute atomic E-state index is 9.18. The Kier molecular flexibility index (Phi) is 2.78. The molecule has 0 radical (unpaired) electrons. The minimum Gasteiger partial charge on any atom is -0.492 e. The van der Waals surface area contributed by atoms with E-state index in [1.54, 1.807) is 0 Å². The number of aliphatic hydroxyl groups is 3. The van der Waals surface area contributed by atoms with Gasteiger partial charge >= 0.3 is 0 Å². The van der Waals surface area contributed by atoms with E-state index < -0.39 is 18.3 Å². The molecule has 3 unspecified atom stereocenters. The van der Waals surface area contributed by atoms with E-state index in [-0.39, 0.29) is 11.5 Å². The van der Waals surface area contributed by atoms with Crippen molar-refractivity contribution in [1.82, 2.24) is 0 Å². The van der Waals surface area contributed by atoms with Crippen molar-refractivity contribution in [3.63, 3.8) is 0 Å². The highest BCUT2D eigenvalue weighted by atomic mass is 32.1. The monoisotopic (exact) mass is 178 g/mol. The third kappa shape index (κ3) is 1.67. The number of thiol groups is 1. The molecule has 0 aromatic rings. The Bertz CT molecular complexity index is 170. The molecule has 0 spiro atoms. The van der Waals surface area contributed by atoms with Gasteiger partial charge in [-0.3, -0.25) is 0 Å². The van der Waals surface area contributed by atoms with Crippen molar-refractivity contribution in [2.45, 2.75) is 18.3 Å². The quantitative estimate of drug-likeness (QED) is 0.383. The fourth-order valence-electron chi connectivity index (χ4n) is 0.837. The Morgan fingerprint density at radius 2 is 2.18 bits per heavy atom. The zero-order valence-corrected chi connectivity index (χ0v) is 6.61. The van der Waals surface area contributed by atoms with Crippen LogP contribution in [0.15, 0.2) is 11.2 Å². The minimum atomic E-state index is -1.10. The Hall–Kier alpha value is -0.230.